The van der Waals surface area contributed by atoms with Crippen LogP contribution in [0.4, 0.5) is 4.79 Å². The Labute approximate surface area is 172 Å². The van der Waals surface area contributed by atoms with E-state index in [9.17, 15) is 14.4 Å². The first kappa shape index (κ1) is 18.8. The Morgan fingerprint density at radius 2 is 1.62 bits per heavy atom. The van der Waals surface area contributed by atoms with Gasteiger partial charge in [0.25, 0.3) is 5.91 Å². The summed E-state index contributed by atoms with van der Waals surface area (Å²) >= 11 is 0. The fourth-order valence-electron chi connectivity index (χ4n) is 6.86. The minimum atomic E-state index is -0.936. The number of imide groups is 1. The summed E-state index contributed by atoms with van der Waals surface area (Å²) in [5, 5.41) is 2.86. The molecule has 0 aromatic heterocycles. The number of amides is 3. The molecule has 4 aliphatic carbocycles. The summed E-state index contributed by atoms with van der Waals surface area (Å²) in [7, 11) is 0. The average molecular weight is 395 g/mol. The number of nitrogens with zero attached hydrogens (tertiary/aromatic N) is 1. The standard InChI is InChI=1S/C24H30N2O3/c1-23(8-7-16-5-3-2-4-6-16)21(28)26(22(29)25-23)15-20(27)24-12-17-9-18(13-24)11-19(10-17)14-24/h2-6,17-19H,7-15H2,1H3,(H,25,29)/t17?,18?,19?,23-,24?/m0/s1. The maximum Gasteiger partial charge on any atom is 0.325 e. The van der Waals surface area contributed by atoms with E-state index >= 15 is 0 Å². The Bertz CT molecular complexity index is 814. The van der Waals surface area contributed by atoms with E-state index in [1.165, 1.54) is 24.2 Å². The van der Waals surface area contributed by atoms with Gasteiger partial charge in [-0.15, -0.1) is 0 Å². The van der Waals surface area contributed by atoms with Gasteiger partial charge in [0.1, 0.15) is 5.54 Å². The molecule has 1 heterocycles. The fraction of sp³-hybridized carbons (Fsp3) is 0.625. The van der Waals surface area contributed by atoms with Gasteiger partial charge in [-0.1, -0.05) is 30.3 Å². The van der Waals surface area contributed by atoms with E-state index in [-0.39, 0.29) is 23.7 Å². The zero-order chi connectivity index (χ0) is 20.2. The van der Waals surface area contributed by atoms with Crippen molar-refractivity contribution in [3.63, 3.8) is 0 Å². The van der Waals surface area contributed by atoms with Crippen LogP contribution >= 0.6 is 0 Å². The van der Waals surface area contributed by atoms with Crippen LogP contribution < -0.4 is 5.32 Å². The molecule has 1 N–H and O–H groups in total. The first-order valence-electron chi connectivity index (χ1n) is 11.1. The molecule has 1 saturated heterocycles. The predicted octanol–water partition coefficient (Wildman–Crippen LogP) is 3.72. The lowest BCUT2D eigenvalue weighted by molar-refractivity contribution is -0.147. The molecule has 5 aliphatic rings. The third-order valence-electron chi connectivity index (χ3n) is 8.03. The Hall–Kier alpha value is -2.17. The lowest BCUT2D eigenvalue weighted by Gasteiger charge is -2.56. The molecule has 154 valence electrons. The van der Waals surface area contributed by atoms with Crippen LogP contribution in [0.2, 0.25) is 0 Å². The summed E-state index contributed by atoms with van der Waals surface area (Å²) in [5.74, 6) is 1.88. The van der Waals surface area contributed by atoms with Gasteiger partial charge in [-0.05, 0) is 81.6 Å². The van der Waals surface area contributed by atoms with Gasteiger partial charge in [0, 0.05) is 5.41 Å². The SMILES string of the molecule is C[C@@]1(CCc2ccccc2)NC(=O)N(CC(=O)C23CC4CC(CC(C4)C2)C3)C1=O. The van der Waals surface area contributed by atoms with Gasteiger partial charge in [-0.2, -0.15) is 0 Å². The molecular weight excluding hydrogens is 364 g/mol. The normalized spacial score (nSPS) is 37.8. The average Bonchev–Trinajstić information content (AvgIpc) is 2.90. The minimum Gasteiger partial charge on any atom is -0.323 e. The van der Waals surface area contributed by atoms with Gasteiger partial charge < -0.3 is 5.32 Å². The fourth-order valence-corrected chi connectivity index (χ4v) is 6.86. The van der Waals surface area contributed by atoms with Crippen molar-refractivity contribution in [2.45, 2.75) is 63.8 Å². The number of Topliss-reactive ketones (excluding diaryl/α,β-unsaturated/α-hetero) is 1. The van der Waals surface area contributed by atoms with Crippen LogP contribution in [0.5, 0.6) is 0 Å². The van der Waals surface area contributed by atoms with Crippen LogP contribution in [0.1, 0.15) is 57.4 Å². The maximum absolute atomic E-state index is 13.4. The second-order valence-electron chi connectivity index (χ2n) is 10.3. The van der Waals surface area contributed by atoms with Crippen molar-refractivity contribution in [2.75, 3.05) is 6.54 Å². The van der Waals surface area contributed by atoms with Gasteiger partial charge in [0.15, 0.2) is 5.78 Å². The van der Waals surface area contributed by atoms with Gasteiger partial charge in [-0.3, -0.25) is 14.5 Å². The molecule has 4 bridgehead atoms. The topological polar surface area (TPSA) is 66.5 Å². The molecule has 1 aliphatic heterocycles. The number of nitrogens with one attached hydrogen (secondary N) is 1. The number of aryl methyl sites for hydroxylation is 1. The van der Waals surface area contributed by atoms with Crippen molar-refractivity contribution >= 4 is 17.7 Å². The summed E-state index contributed by atoms with van der Waals surface area (Å²) < 4.78 is 0. The van der Waals surface area contributed by atoms with Crippen molar-refractivity contribution in [1.29, 1.82) is 0 Å². The lowest BCUT2D eigenvalue weighted by Crippen LogP contribution is -2.53. The Morgan fingerprint density at radius 3 is 2.21 bits per heavy atom. The molecule has 4 saturated carbocycles. The number of hydrogen-bond acceptors (Lipinski definition) is 3. The van der Waals surface area contributed by atoms with E-state index in [0.717, 1.165) is 24.8 Å². The number of urea groups is 1. The lowest BCUT2D eigenvalue weighted by atomic mass is 9.48. The molecule has 5 heteroatoms. The smallest absolute Gasteiger partial charge is 0.323 e. The number of benzene rings is 1. The third-order valence-corrected chi connectivity index (χ3v) is 8.03. The molecule has 0 spiro atoms. The van der Waals surface area contributed by atoms with Gasteiger partial charge in [0.2, 0.25) is 0 Å². The predicted molar refractivity (Wildman–Crippen MR) is 109 cm³/mol. The highest BCUT2D eigenvalue weighted by Crippen LogP contribution is 2.60. The number of rotatable bonds is 6. The quantitative estimate of drug-likeness (QED) is 0.748. The van der Waals surface area contributed by atoms with Crippen LogP contribution in [0.3, 0.4) is 0 Å². The third kappa shape index (κ3) is 3.19. The van der Waals surface area contributed by atoms with Crippen LogP contribution in [0.15, 0.2) is 30.3 Å². The van der Waals surface area contributed by atoms with Crippen molar-refractivity contribution in [3.8, 4) is 0 Å². The highest BCUT2D eigenvalue weighted by atomic mass is 16.2. The molecule has 3 amide bonds. The monoisotopic (exact) mass is 394 g/mol. The zero-order valence-electron chi connectivity index (χ0n) is 17.2. The van der Waals surface area contributed by atoms with E-state index in [1.54, 1.807) is 6.92 Å². The van der Waals surface area contributed by atoms with Crippen LogP contribution in [-0.2, 0) is 16.0 Å². The van der Waals surface area contributed by atoms with Gasteiger partial charge in [-0.25, -0.2) is 4.79 Å². The second kappa shape index (κ2) is 6.68. The molecule has 5 nitrogen and oxygen atoms in total. The summed E-state index contributed by atoms with van der Waals surface area (Å²) in [6.45, 7) is 1.73. The Morgan fingerprint density at radius 1 is 1.03 bits per heavy atom. The zero-order valence-corrected chi connectivity index (χ0v) is 17.2. The summed E-state index contributed by atoms with van der Waals surface area (Å²) in [6.07, 6.45) is 7.95. The molecule has 0 radical (unpaired) electrons. The molecule has 0 unspecified atom stereocenters. The molecule has 6 rings (SSSR count). The van der Waals surface area contributed by atoms with Crippen molar-refractivity contribution in [1.82, 2.24) is 10.2 Å². The van der Waals surface area contributed by atoms with Crippen molar-refractivity contribution < 1.29 is 14.4 Å². The maximum atomic E-state index is 13.4. The van der Waals surface area contributed by atoms with Crippen LogP contribution in [-0.4, -0.2) is 34.7 Å². The highest BCUT2D eigenvalue weighted by Gasteiger charge is 2.56. The number of carbonyl (C=O) groups is 3. The molecule has 1 aromatic rings. The van der Waals surface area contributed by atoms with E-state index in [4.69, 9.17) is 0 Å². The van der Waals surface area contributed by atoms with E-state index in [0.29, 0.717) is 30.6 Å². The molecule has 1 atom stereocenters. The first-order valence-corrected chi connectivity index (χ1v) is 11.1. The van der Waals surface area contributed by atoms with Gasteiger partial charge >= 0.3 is 6.03 Å². The molecular formula is C24H30N2O3. The summed E-state index contributed by atoms with van der Waals surface area (Å²) in [6, 6.07) is 9.55. The second-order valence-corrected chi connectivity index (χ2v) is 10.3. The van der Waals surface area contributed by atoms with Crippen LogP contribution in [0, 0.1) is 23.2 Å². The summed E-state index contributed by atoms with van der Waals surface area (Å²) in [4.78, 5) is 40.3. The molecule has 5 fully saturated rings. The summed E-state index contributed by atoms with van der Waals surface area (Å²) in [5.41, 5.74) is -0.0774. The minimum absolute atomic E-state index is 0.0578. The van der Waals surface area contributed by atoms with Crippen molar-refractivity contribution in [2.24, 2.45) is 23.2 Å². The van der Waals surface area contributed by atoms with Gasteiger partial charge in [0.05, 0.1) is 6.54 Å². The molecule has 29 heavy (non-hydrogen) atoms. The van der Waals surface area contributed by atoms with Crippen molar-refractivity contribution in [3.05, 3.63) is 35.9 Å². The van der Waals surface area contributed by atoms with Crippen LogP contribution in [0.25, 0.3) is 0 Å². The van der Waals surface area contributed by atoms with E-state index in [2.05, 4.69) is 5.32 Å². The Kier molecular flexibility index (Phi) is 4.34. The number of hydrogen-bond donors (Lipinski definition) is 1. The molecule has 1 aromatic carbocycles. The largest absolute Gasteiger partial charge is 0.325 e. The van der Waals surface area contributed by atoms with E-state index < -0.39 is 11.6 Å². The first-order chi connectivity index (χ1) is 13.9. The Balaban J connectivity index is 1.27. The number of carbonyl (C=O) groups excluding carboxylic acids is 3. The number of ketones is 1. The van der Waals surface area contributed by atoms with E-state index in [1.807, 2.05) is 30.3 Å². The highest BCUT2D eigenvalue weighted by molar-refractivity contribution is 6.09.